The maximum absolute atomic E-state index is 3.78. The van der Waals surface area contributed by atoms with Gasteiger partial charge in [-0.15, -0.1) is 0 Å². The average molecular weight is 245 g/mol. The van der Waals surface area contributed by atoms with E-state index in [0.717, 1.165) is 6.54 Å². The molecule has 1 saturated heterocycles. The Morgan fingerprint density at radius 3 is 2.28 bits per heavy atom. The van der Waals surface area contributed by atoms with Crippen LogP contribution in [-0.2, 0) is 12.0 Å². The zero-order chi connectivity index (χ0) is 13.2. The van der Waals surface area contributed by atoms with Crippen LogP contribution in [0.3, 0.4) is 0 Å². The SMILES string of the molecule is CCCc1ccc(C2(C(C)(C)C)CCCN2)cc1. The fraction of sp³-hybridized carbons (Fsp3) is 0.647. The van der Waals surface area contributed by atoms with E-state index in [1.165, 1.54) is 36.8 Å². The van der Waals surface area contributed by atoms with Crippen molar-refractivity contribution in [2.24, 2.45) is 5.41 Å². The molecule has 0 saturated carbocycles. The van der Waals surface area contributed by atoms with Crippen LogP contribution in [0.4, 0.5) is 0 Å². The van der Waals surface area contributed by atoms with Crippen LogP contribution in [0.5, 0.6) is 0 Å². The highest BCUT2D eigenvalue weighted by molar-refractivity contribution is 5.31. The van der Waals surface area contributed by atoms with E-state index in [4.69, 9.17) is 0 Å². The molecule has 0 radical (unpaired) electrons. The maximum atomic E-state index is 3.78. The summed E-state index contributed by atoms with van der Waals surface area (Å²) in [4.78, 5) is 0. The lowest BCUT2D eigenvalue weighted by Gasteiger charge is -2.43. The standard InChI is InChI=1S/C17H27N/c1-5-7-14-8-10-15(11-9-14)17(16(2,3)4)12-6-13-18-17/h8-11,18H,5-7,12-13H2,1-4H3. The lowest BCUT2D eigenvalue weighted by atomic mass is 9.68. The van der Waals surface area contributed by atoms with Crippen LogP contribution in [-0.4, -0.2) is 6.54 Å². The molecular weight excluding hydrogens is 218 g/mol. The number of hydrogen-bond donors (Lipinski definition) is 1. The minimum Gasteiger partial charge on any atom is -0.307 e. The molecule has 1 atom stereocenters. The summed E-state index contributed by atoms with van der Waals surface area (Å²) in [5.74, 6) is 0. The Balaban J connectivity index is 2.32. The lowest BCUT2D eigenvalue weighted by molar-refractivity contribution is 0.160. The molecule has 1 fully saturated rings. The summed E-state index contributed by atoms with van der Waals surface area (Å²) in [5, 5.41) is 3.78. The van der Waals surface area contributed by atoms with Crippen molar-refractivity contribution in [3.05, 3.63) is 35.4 Å². The highest BCUT2D eigenvalue weighted by Gasteiger charge is 2.44. The van der Waals surface area contributed by atoms with E-state index in [0.29, 0.717) is 0 Å². The molecule has 2 rings (SSSR count). The van der Waals surface area contributed by atoms with Crippen LogP contribution in [0.1, 0.15) is 58.1 Å². The van der Waals surface area contributed by atoms with E-state index in [1.807, 2.05) is 0 Å². The van der Waals surface area contributed by atoms with Crippen LogP contribution in [0.25, 0.3) is 0 Å². The van der Waals surface area contributed by atoms with Gasteiger partial charge in [-0.25, -0.2) is 0 Å². The molecule has 18 heavy (non-hydrogen) atoms. The van der Waals surface area contributed by atoms with E-state index in [2.05, 4.69) is 57.3 Å². The van der Waals surface area contributed by atoms with Gasteiger partial charge < -0.3 is 5.32 Å². The highest BCUT2D eigenvalue weighted by atomic mass is 15.0. The van der Waals surface area contributed by atoms with Crippen molar-refractivity contribution in [1.29, 1.82) is 0 Å². The third kappa shape index (κ3) is 2.33. The van der Waals surface area contributed by atoms with Gasteiger partial charge in [-0.2, -0.15) is 0 Å². The summed E-state index contributed by atoms with van der Waals surface area (Å²) in [7, 11) is 0. The van der Waals surface area contributed by atoms with Crippen molar-refractivity contribution in [2.45, 2.75) is 58.9 Å². The monoisotopic (exact) mass is 245 g/mol. The van der Waals surface area contributed by atoms with E-state index in [-0.39, 0.29) is 11.0 Å². The summed E-state index contributed by atoms with van der Waals surface area (Å²) < 4.78 is 0. The van der Waals surface area contributed by atoms with Gasteiger partial charge in [-0.1, -0.05) is 58.4 Å². The minimum absolute atomic E-state index is 0.164. The zero-order valence-electron chi connectivity index (χ0n) is 12.3. The van der Waals surface area contributed by atoms with Crippen molar-refractivity contribution < 1.29 is 0 Å². The van der Waals surface area contributed by atoms with Gasteiger partial charge in [0.1, 0.15) is 0 Å². The van der Waals surface area contributed by atoms with Crippen LogP contribution in [0.2, 0.25) is 0 Å². The fourth-order valence-corrected chi connectivity index (χ4v) is 3.31. The average Bonchev–Trinajstić information content (AvgIpc) is 2.80. The molecule has 0 spiro atoms. The Labute approximate surface area is 112 Å². The second kappa shape index (κ2) is 5.05. The Morgan fingerprint density at radius 2 is 1.83 bits per heavy atom. The summed E-state index contributed by atoms with van der Waals surface area (Å²) in [5.41, 5.74) is 3.35. The molecule has 1 N–H and O–H groups in total. The Hall–Kier alpha value is -0.820. The topological polar surface area (TPSA) is 12.0 Å². The molecule has 1 aromatic rings. The van der Waals surface area contributed by atoms with Crippen LogP contribution in [0, 0.1) is 5.41 Å². The number of benzene rings is 1. The molecule has 1 nitrogen and oxygen atoms in total. The fourth-order valence-electron chi connectivity index (χ4n) is 3.31. The van der Waals surface area contributed by atoms with Crippen molar-refractivity contribution in [1.82, 2.24) is 5.32 Å². The van der Waals surface area contributed by atoms with E-state index in [9.17, 15) is 0 Å². The van der Waals surface area contributed by atoms with Gasteiger partial charge in [0, 0.05) is 5.54 Å². The van der Waals surface area contributed by atoms with Gasteiger partial charge in [0.15, 0.2) is 0 Å². The van der Waals surface area contributed by atoms with Gasteiger partial charge in [0.05, 0.1) is 0 Å². The van der Waals surface area contributed by atoms with Gasteiger partial charge in [0.2, 0.25) is 0 Å². The zero-order valence-corrected chi connectivity index (χ0v) is 12.3. The van der Waals surface area contributed by atoms with Gasteiger partial charge in [-0.3, -0.25) is 0 Å². The molecule has 0 amide bonds. The normalized spacial score (nSPS) is 24.4. The molecule has 100 valence electrons. The molecule has 0 aliphatic carbocycles. The quantitative estimate of drug-likeness (QED) is 0.839. The largest absolute Gasteiger partial charge is 0.307 e. The van der Waals surface area contributed by atoms with Crippen molar-refractivity contribution >= 4 is 0 Å². The molecule has 1 aliphatic heterocycles. The number of nitrogens with one attached hydrogen (secondary N) is 1. The first-order valence-electron chi connectivity index (χ1n) is 7.34. The summed E-state index contributed by atoms with van der Waals surface area (Å²) in [6, 6.07) is 9.31. The second-order valence-electron chi connectivity index (χ2n) is 6.63. The number of hydrogen-bond acceptors (Lipinski definition) is 1. The van der Waals surface area contributed by atoms with Crippen molar-refractivity contribution in [2.75, 3.05) is 6.54 Å². The minimum atomic E-state index is 0.164. The lowest BCUT2D eigenvalue weighted by Crippen LogP contribution is -2.48. The number of aryl methyl sites for hydroxylation is 1. The van der Waals surface area contributed by atoms with Crippen LogP contribution < -0.4 is 5.32 Å². The third-order valence-electron chi connectivity index (χ3n) is 4.42. The first-order valence-corrected chi connectivity index (χ1v) is 7.34. The van der Waals surface area contributed by atoms with Crippen LogP contribution >= 0.6 is 0 Å². The maximum Gasteiger partial charge on any atom is 0.0484 e. The summed E-state index contributed by atoms with van der Waals surface area (Å²) in [6.45, 7) is 10.4. The number of rotatable bonds is 3. The first kappa shape index (κ1) is 13.6. The molecule has 1 aliphatic rings. The van der Waals surface area contributed by atoms with Gasteiger partial charge >= 0.3 is 0 Å². The Kier molecular flexibility index (Phi) is 3.82. The van der Waals surface area contributed by atoms with Crippen molar-refractivity contribution in [3.63, 3.8) is 0 Å². The molecule has 1 aromatic carbocycles. The van der Waals surface area contributed by atoms with E-state index < -0.39 is 0 Å². The summed E-state index contributed by atoms with van der Waals surface area (Å²) >= 11 is 0. The van der Waals surface area contributed by atoms with Gasteiger partial charge in [0.25, 0.3) is 0 Å². The molecule has 1 heterocycles. The smallest absolute Gasteiger partial charge is 0.0484 e. The predicted octanol–water partition coefficient (Wildman–Crippen LogP) is 4.26. The molecule has 1 unspecified atom stereocenters. The van der Waals surface area contributed by atoms with E-state index in [1.54, 1.807) is 0 Å². The summed E-state index contributed by atoms with van der Waals surface area (Å²) in [6.07, 6.45) is 4.95. The van der Waals surface area contributed by atoms with Crippen molar-refractivity contribution in [3.8, 4) is 0 Å². The molecule has 1 heteroatoms. The molecule has 0 aromatic heterocycles. The predicted molar refractivity (Wildman–Crippen MR) is 78.8 cm³/mol. The van der Waals surface area contributed by atoms with Gasteiger partial charge in [-0.05, 0) is 42.3 Å². The molecule has 0 bridgehead atoms. The highest BCUT2D eigenvalue weighted by Crippen LogP contribution is 2.45. The van der Waals surface area contributed by atoms with Crippen LogP contribution in [0.15, 0.2) is 24.3 Å². The third-order valence-corrected chi connectivity index (χ3v) is 4.42. The second-order valence-corrected chi connectivity index (χ2v) is 6.63. The molecular formula is C17H27N. The first-order chi connectivity index (χ1) is 8.49. The van der Waals surface area contributed by atoms with E-state index >= 15 is 0 Å². The Morgan fingerprint density at radius 1 is 1.17 bits per heavy atom. The Bertz CT molecular complexity index is 377.